The van der Waals surface area contributed by atoms with E-state index in [1.165, 1.54) is 6.42 Å². The zero-order valence-corrected chi connectivity index (χ0v) is 13.4. The molecule has 2 N–H and O–H groups in total. The molecule has 1 amide bonds. The van der Waals surface area contributed by atoms with Gasteiger partial charge in [-0.2, -0.15) is 0 Å². The van der Waals surface area contributed by atoms with Gasteiger partial charge in [-0.1, -0.05) is 26.2 Å². The van der Waals surface area contributed by atoms with E-state index in [1.807, 2.05) is 20.8 Å². The monoisotopic (exact) mass is 296 g/mol. The number of ether oxygens (including phenoxy) is 1. The maximum absolute atomic E-state index is 12.5. The number of likely N-dealkylation sites (N-methyl/N-ethyl adjacent to an activating group) is 1. The Bertz CT molecular complexity index is 402. The van der Waals surface area contributed by atoms with E-state index < -0.39 is 17.6 Å². The maximum atomic E-state index is 12.5. The summed E-state index contributed by atoms with van der Waals surface area (Å²) < 4.78 is 5.55. The number of hydrogen-bond donors (Lipinski definition) is 1. The molecule has 0 radical (unpaired) electrons. The summed E-state index contributed by atoms with van der Waals surface area (Å²) in [5.74, 6) is -0.859. The molecule has 120 valence electrons. The molecule has 1 aliphatic heterocycles. The molecule has 21 heavy (non-hydrogen) atoms. The molecule has 5 heteroatoms. The first-order valence-corrected chi connectivity index (χ1v) is 8.12. The van der Waals surface area contributed by atoms with Crippen LogP contribution in [0.2, 0.25) is 0 Å². The number of carbonyl (C=O) groups excluding carboxylic acids is 2. The highest BCUT2D eigenvalue weighted by atomic mass is 16.6. The Morgan fingerprint density at radius 3 is 2.52 bits per heavy atom. The van der Waals surface area contributed by atoms with Gasteiger partial charge in [0, 0.05) is 6.54 Å². The summed E-state index contributed by atoms with van der Waals surface area (Å²) >= 11 is 0. The normalized spacial score (nSPS) is 28.9. The number of primary amides is 1. The van der Waals surface area contributed by atoms with Crippen molar-refractivity contribution in [2.45, 2.75) is 64.5 Å². The Kier molecular flexibility index (Phi) is 4.91. The van der Waals surface area contributed by atoms with Gasteiger partial charge in [0.1, 0.15) is 11.6 Å². The van der Waals surface area contributed by atoms with Crippen LogP contribution in [0.15, 0.2) is 0 Å². The molecule has 2 atom stereocenters. The topological polar surface area (TPSA) is 72.6 Å². The van der Waals surface area contributed by atoms with E-state index in [0.29, 0.717) is 6.54 Å². The summed E-state index contributed by atoms with van der Waals surface area (Å²) in [6, 6.07) is -0.511. The number of carbonyl (C=O) groups is 2. The second kappa shape index (κ2) is 6.34. The largest absolute Gasteiger partial charge is 0.457 e. The fourth-order valence-corrected chi connectivity index (χ4v) is 3.92. The molecule has 2 aliphatic rings. The molecular weight excluding hydrogens is 268 g/mol. The lowest BCUT2D eigenvalue weighted by molar-refractivity contribution is -0.184. The van der Waals surface area contributed by atoms with Gasteiger partial charge in [-0.25, -0.2) is 0 Å². The second-order valence-electron chi connectivity index (χ2n) is 7.01. The summed E-state index contributed by atoms with van der Waals surface area (Å²) in [5, 5.41) is 0. The van der Waals surface area contributed by atoms with Crippen LogP contribution in [0.25, 0.3) is 0 Å². The van der Waals surface area contributed by atoms with Gasteiger partial charge in [0.05, 0.1) is 5.92 Å². The molecule has 0 bridgehead atoms. The highest BCUT2D eigenvalue weighted by Crippen LogP contribution is 2.36. The molecule has 0 aromatic carbocycles. The Labute approximate surface area is 127 Å². The molecule has 2 rings (SSSR count). The fraction of sp³-hybridized carbons (Fsp3) is 0.875. The van der Waals surface area contributed by atoms with Crippen molar-refractivity contribution in [2.24, 2.45) is 17.6 Å². The molecule has 1 aliphatic carbocycles. The van der Waals surface area contributed by atoms with E-state index in [-0.39, 0.29) is 17.8 Å². The van der Waals surface area contributed by atoms with Crippen LogP contribution in [-0.2, 0) is 14.3 Å². The summed E-state index contributed by atoms with van der Waals surface area (Å²) in [5.41, 5.74) is 5.17. The molecular formula is C16H28N2O3. The van der Waals surface area contributed by atoms with Gasteiger partial charge >= 0.3 is 5.97 Å². The lowest BCUT2D eigenvalue weighted by Gasteiger charge is -2.46. The number of nitrogens with zero attached hydrogens (tertiary/aromatic N) is 1. The first-order valence-electron chi connectivity index (χ1n) is 8.12. The predicted octanol–water partition coefficient (Wildman–Crippen LogP) is 1.69. The van der Waals surface area contributed by atoms with Crippen molar-refractivity contribution in [3.63, 3.8) is 0 Å². The molecule has 5 nitrogen and oxygen atoms in total. The van der Waals surface area contributed by atoms with Gasteiger partial charge in [-0.15, -0.1) is 0 Å². The number of rotatable bonds is 4. The van der Waals surface area contributed by atoms with Crippen LogP contribution in [0, 0.1) is 11.8 Å². The fourth-order valence-electron chi connectivity index (χ4n) is 3.92. The van der Waals surface area contributed by atoms with Crippen molar-refractivity contribution in [3.8, 4) is 0 Å². The van der Waals surface area contributed by atoms with E-state index in [4.69, 9.17) is 10.5 Å². The molecule has 2 fully saturated rings. The zero-order chi connectivity index (χ0) is 15.6. The third kappa shape index (κ3) is 3.57. The smallest absolute Gasteiger partial charge is 0.324 e. The average Bonchev–Trinajstić information content (AvgIpc) is 2.41. The molecule has 0 aromatic heterocycles. The standard InChI is InChI=1S/C16H28N2O3/c1-4-18-10-16(2,3)21-15(20)13(18)12(14(17)19)11-8-6-5-7-9-11/h11-13H,4-10H2,1-3H3,(H2,17,19). The van der Waals surface area contributed by atoms with Crippen LogP contribution in [-0.4, -0.2) is 41.5 Å². The SMILES string of the molecule is CCN1CC(C)(C)OC(=O)C1C(C(N)=O)C1CCCCC1. The minimum Gasteiger partial charge on any atom is -0.457 e. The molecule has 1 saturated heterocycles. The van der Waals surface area contributed by atoms with Crippen LogP contribution in [0.4, 0.5) is 0 Å². The lowest BCUT2D eigenvalue weighted by atomic mass is 9.75. The van der Waals surface area contributed by atoms with Gasteiger partial charge in [-0.3, -0.25) is 14.5 Å². The van der Waals surface area contributed by atoms with E-state index >= 15 is 0 Å². The summed E-state index contributed by atoms with van der Waals surface area (Å²) in [7, 11) is 0. The highest BCUT2D eigenvalue weighted by Gasteiger charge is 2.48. The van der Waals surface area contributed by atoms with Gasteiger partial charge in [-0.05, 0) is 39.2 Å². The summed E-state index contributed by atoms with van der Waals surface area (Å²) in [6.45, 7) is 7.20. The van der Waals surface area contributed by atoms with Gasteiger partial charge in [0.2, 0.25) is 5.91 Å². The summed E-state index contributed by atoms with van der Waals surface area (Å²) in [6.07, 6.45) is 5.42. The van der Waals surface area contributed by atoms with Crippen molar-refractivity contribution in [1.29, 1.82) is 0 Å². The third-order valence-corrected chi connectivity index (χ3v) is 4.83. The zero-order valence-electron chi connectivity index (χ0n) is 13.4. The minimum atomic E-state index is -0.511. The Balaban J connectivity index is 2.25. The van der Waals surface area contributed by atoms with Gasteiger partial charge in [0.25, 0.3) is 0 Å². The van der Waals surface area contributed by atoms with E-state index in [9.17, 15) is 9.59 Å². The minimum absolute atomic E-state index is 0.212. The number of cyclic esters (lactones) is 1. The average molecular weight is 296 g/mol. The second-order valence-corrected chi connectivity index (χ2v) is 7.01. The number of hydrogen-bond acceptors (Lipinski definition) is 4. The highest BCUT2D eigenvalue weighted by molar-refractivity contribution is 5.87. The Hall–Kier alpha value is -1.10. The Morgan fingerprint density at radius 2 is 2.00 bits per heavy atom. The third-order valence-electron chi connectivity index (χ3n) is 4.83. The number of morpholine rings is 1. The lowest BCUT2D eigenvalue weighted by Crippen LogP contribution is -2.62. The summed E-state index contributed by atoms with van der Waals surface area (Å²) in [4.78, 5) is 26.6. The molecule has 0 spiro atoms. The number of amides is 1. The van der Waals surface area contributed by atoms with Crippen LogP contribution < -0.4 is 5.73 Å². The van der Waals surface area contributed by atoms with Crippen LogP contribution in [0.1, 0.15) is 52.9 Å². The van der Waals surface area contributed by atoms with Crippen LogP contribution in [0.3, 0.4) is 0 Å². The van der Waals surface area contributed by atoms with Crippen molar-refractivity contribution in [1.82, 2.24) is 4.90 Å². The quantitative estimate of drug-likeness (QED) is 0.801. The number of esters is 1. The van der Waals surface area contributed by atoms with Gasteiger partial charge in [0.15, 0.2) is 0 Å². The van der Waals surface area contributed by atoms with Crippen molar-refractivity contribution >= 4 is 11.9 Å². The first kappa shape index (κ1) is 16.3. The van der Waals surface area contributed by atoms with Crippen LogP contribution >= 0.6 is 0 Å². The predicted molar refractivity (Wildman–Crippen MR) is 80.5 cm³/mol. The van der Waals surface area contributed by atoms with Crippen molar-refractivity contribution in [2.75, 3.05) is 13.1 Å². The maximum Gasteiger partial charge on any atom is 0.324 e. The van der Waals surface area contributed by atoms with E-state index in [1.54, 1.807) is 0 Å². The molecule has 0 aromatic rings. The van der Waals surface area contributed by atoms with Crippen molar-refractivity contribution < 1.29 is 14.3 Å². The Morgan fingerprint density at radius 1 is 1.38 bits per heavy atom. The number of nitrogens with two attached hydrogens (primary N) is 1. The van der Waals surface area contributed by atoms with Crippen molar-refractivity contribution in [3.05, 3.63) is 0 Å². The van der Waals surface area contributed by atoms with E-state index in [2.05, 4.69) is 4.90 Å². The van der Waals surface area contributed by atoms with E-state index in [0.717, 1.165) is 32.2 Å². The van der Waals surface area contributed by atoms with Gasteiger partial charge < -0.3 is 10.5 Å². The molecule has 1 saturated carbocycles. The molecule has 2 unspecified atom stereocenters. The van der Waals surface area contributed by atoms with Crippen LogP contribution in [0.5, 0.6) is 0 Å². The molecule has 1 heterocycles. The first-order chi connectivity index (χ1) is 9.85.